The average molecular weight is 368 g/mol. The van der Waals surface area contributed by atoms with Crippen molar-refractivity contribution in [3.8, 4) is 0 Å². The molecule has 0 bridgehead atoms. The molecule has 0 radical (unpaired) electrons. The molecule has 1 atom stereocenters. The van der Waals surface area contributed by atoms with E-state index in [9.17, 15) is 18.0 Å². The van der Waals surface area contributed by atoms with Gasteiger partial charge in [0, 0.05) is 19.1 Å². The van der Waals surface area contributed by atoms with Crippen molar-refractivity contribution in [3.05, 3.63) is 34.4 Å². The molecule has 0 unspecified atom stereocenters. The lowest BCUT2D eigenvalue weighted by molar-refractivity contribution is -0.162. The summed E-state index contributed by atoms with van der Waals surface area (Å²) >= 11 is 0. The second kappa shape index (κ2) is 6.87. The molecule has 1 amide bonds. The normalized spacial score (nSPS) is 21.0. The molecule has 2 aliphatic rings. The third kappa shape index (κ3) is 4.22. The minimum atomic E-state index is -4.46. The number of fused-ring (bicyclic) bond motifs is 1. The van der Waals surface area contributed by atoms with Gasteiger partial charge in [0.15, 0.2) is 0 Å². The predicted octanol–water partition coefficient (Wildman–Crippen LogP) is 4.25. The third-order valence-corrected chi connectivity index (χ3v) is 5.38. The van der Waals surface area contributed by atoms with E-state index in [1.54, 1.807) is 0 Å². The van der Waals surface area contributed by atoms with Gasteiger partial charge in [-0.25, -0.2) is 0 Å². The van der Waals surface area contributed by atoms with Crippen molar-refractivity contribution < 1.29 is 18.0 Å². The Morgan fingerprint density at radius 2 is 2.00 bits per heavy atom. The summed E-state index contributed by atoms with van der Waals surface area (Å²) in [5.74, 6) is -0.826. The van der Waals surface area contributed by atoms with E-state index in [4.69, 9.17) is 0 Å². The van der Waals surface area contributed by atoms with Gasteiger partial charge in [-0.1, -0.05) is 32.9 Å². The molecule has 1 aromatic rings. The number of carbonyl (C=O) groups is 1. The van der Waals surface area contributed by atoms with Crippen LogP contribution in [0.4, 0.5) is 13.2 Å². The van der Waals surface area contributed by atoms with E-state index in [1.165, 1.54) is 16.0 Å². The van der Waals surface area contributed by atoms with Crippen molar-refractivity contribution in [2.45, 2.75) is 70.6 Å². The standard InChI is InChI=1S/C20H27F3N2O/c1-19(2,3)14-9-13-6-8-25(18(26)11-20(21,22)23)12-16(13)15(10-14)17-5-4-7-24-17/h9-10,17,24H,4-8,11-12H2,1-3H3/t17-/m0/s1. The van der Waals surface area contributed by atoms with Crippen LogP contribution in [0, 0.1) is 0 Å². The van der Waals surface area contributed by atoms with Crippen LogP contribution in [0.5, 0.6) is 0 Å². The van der Waals surface area contributed by atoms with E-state index in [1.807, 2.05) is 0 Å². The summed E-state index contributed by atoms with van der Waals surface area (Å²) in [5, 5.41) is 3.50. The van der Waals surface area contributed by atoms with Crippen molar-refractivity contribution in [3.63, 3.8) is 0 Å². The van der Waals surface area contributed by atoms with Gasteiger partial charge in [0.2, 0.25) is 5.91 Å². The molecule has 144 valence electrons. The minimum absolute atomic E-state index is 0.00558. The molecule has 3 nitrogen and oxygen atoms in total. The van der Waals surface area contributed by atoms with Crippen molar-refractivity contribution in [1.29, 1.82) is 0 Å². The first-order chi connectivity index (χ1) is 12.0. The maximum absolute atomic E-state index is 12.6. The highest BCUT2D eigenvalue weighted by molar-refractivity contribution is 5.77. The van der Waals surface area contributed by atoms with E-state index in [-0.39, 0.29) is 18.0 Å². The molecular weight excluding hydrogens is 341 g/mol. The van der Waals surface area contributed by atoms with E-state index in [0.29, 0.717) is 13.0 Å². The quantitative estimate of drug-likeness (QED) is 0.847. The maximum Gasteiger partial charge on any atom is 0.397 e. The highest BCUT2D eigenvalue weighted by Gasteiger charge is 2.35. The molecule has 1 saturated heterocycles. The molecule has 0 spiro atoms. The Labute approximate surface area is 152 Å². The van der Waals surface area contributed by atoms with Crippen LogP contribution in [0.15, 0.2) is 12.1 Å². The highest BCUT2D eigenvalue weighted by atomic mass is 19.4. The second-order valence-corrected chi connectivity index (χ2v) is 8.46. The number of hydrogen-bond donors (Lipinski definition) is 1. The second-order valence-electron chi connectivity index (χ2n) is 8.46. The van der Waals surface area contributed by atoms with Gasteiger partial charge >= 0.3 is 6.18 Å². The molecule has 1 N–H and O–H groups in total. The maximum atomic E-state index is 12.6. The molecule has 1 fully saturated rings. The van der Waals surface area contributed by atoms with E-state index < -0.39 is 18.5 Å². The first-order valence-corrected chi connectivity index (χ1v) is 9.29. The zero-order valence-electron chi connectivity index (χ0n) is 15.7. The van der Waals surface area contributed by atoms with Crippen molar-refractivity contribution in [1.82, 2.24) is 10.2 Å². The van der Waals surface area contributed by atoms with Crippen molar-refractivity contribution >= 4 is 5.91 Å². The number of nitrogens with one attached hydrogen (secondary N) is 1. The predicted molar refractivity (Wildman–Crippen MR) is 94.9 cm³/mol. The molecule has 2 heterocycles. The van der Waals surface area contributed by atoms with Crippen LogP contribution in [0.3, 0.4) is 0 Å². The zero-order valence-corrected chi connectivity index (χ0v) is 15.7. The van der Waals surface area contributed by atoms with Crippen LogP contribution < -0.4 is 5.32 Å². The largest absolute Gasteiger partial charge is 0.397 e. The van der Waals surface area contributed by atoms with Crippen LogP contribution in [0.1, 0.15) is 68.3 Å². The summed E-state index contributed by atoms with van der Waals surface area (Å²) in [6.45, 7) is 8.10. The van der Waals surface area contributed by atoms with Crippen LogP contribution >= 0.6 is 0 Å². The lowest BCUT2D eigenvalue weighted by atomic mass is 9.80. The Kier molecular flexibility index (Phi) is 5.08. The van der Waals surface area contributed by atoms with Crippen LogP contribution in [0.2, 0.25) is 0 Å². The van der Waals surface area contributed by atoms with Gasteiger partial charge in [-0.3, -0.25) is 4.79 Å². The Morgan fingerprint density at radius 1 is 1.27 bits per heavy atom. The van der Waals surface area contributed by atoms with Crippen LogP contribution in [-0.2, 0) is 23.2 Å². The van der Waals surface area contributed by atoms with Gasteiger partial charge in [0.05, 0.1) is 0 Å². The van der Waals surface area contributed by atoms with Gasteiger partial charge in [-0.05, 0) is 53.5 Å². The number of hydrogen-bond acceptors (Lipinski definition) is 2. The summed E-state index contributed by atoms with van der Waals surface area (Å²) in [6, 6.07) is 4.60. The molecular formula is C20H27F3N2O. The topological polar surface area (TPSA) is 32.3 Å². The van der Waals surface area contributed by atoms with Gasteiger partial charge in [0.25, 0.3) is 0 Å². The van der Waals surface area contributed by atoms with Crippen molar-refractivity contribution in [2.75, 3.05) is 13.1 Å². The zero-order chi connectivity index (χ0) is 19.1. The Morgan fingerprint density at radius 3 is 2.58 bits per heavy atom. The lowest BCUT2D eigenvalue weighted by Crippen LogP contribution is -2.39. The SMILES string of the molecule is CC(C)(C)c1cc2c(c([C@@H]3CCCN3)c1)CN(C(=O)CC(F)(F)F)CC2. The number of alkyl halides is 3. The number of benzene rings is 1. The smallest absolute Gasteiger partial charge is 0.338 e. The Balaban J connectivity index is 1.94. The summed E-state index contributed by atoms with van der Waals surface area (Å²) in [6.07, 6.45) is -3.10. The Hall–Kier alpha value is -1.56. The fraction of sp³-hybridized carbons (Fsp3) is 0.650. The Bertz CT molecular complexity index is 686. The molecule has 0 aromatic heterocycles. The number of rotatable bonds is 2. The van der Waals surface area contributed by atoms with Gasteiger partial charge in [-0.15, -0.1) is 0 Å². The molecule has 6 heteroatoms. The highest BCUT2D eigenvalue weighted by Crippen LogP contribution is 2.36. The molecule has 1 aromatic carbocycles. The average Bonchev–Trinajstić information content (AvgIpc) is 3.05. The van der Waals surface area contributed by atoms with E-state index in [0.717, 1.165) is 30.5 Å². The first-order valence-electron chi connectivity index (χ1n) is 9.29. The first kappa shape index (κ1) is 19.2. The monoisotopic (exact) mass is 368 g/mol. The fourth-order valence-corrected chi connectivity index (χ4v) is 3.89. The van der Waals surface area contributed by atoms with Crippen LogP contribution in [-0.4, -0.2) is 30.1 Å². The van der Waals surface area contributed by atoms with E-state index >= 15 is 0 Å². The number of amides is 1. The van der Waals surface area contributed by atoms with Crippen molar-refractivity contribution in [2.24, 2.45) is 0 Å². The summed E-state index contributed by atoms with van der Waals surface area (Å²) in [7, 11) is 0. The number of carbonyl (C=O) groups excluding carboxylic acids is 1. The third-order valence-electron chi connectivity index (χ3n) is 5.38. The van der Waals surface area contributed by atoms with Gasteiger partial charge in [0.1, 0.15) is 6.42 Å². The summed E-state index contributed by atoms with van der Waals surface area (Å²) in [5.41, 5.74) is 4.63. The van der Waals surface area contributed by atoms with E-state index in [2.05, 4.69) is 38.2 Å². The molecule has 2 aliphatic heterocycles. The molecule has 0 saturated carbocycles. The van der Waals surface area contributed by atoms with Crippen LogP contribution in [0.25, 0.3) is 0 Å². The summed E-state index contributed by atoms with van der Waals surface area (Å²) in [4.78, 5) is 13.4. The molecule has 26 heavy (non-hydrogen) atoms. The minimum Gasteiger partial charge on any atom is -0.338 e. The number of halogens is 3. The van der Waals surface area contributed by atoms with Gasteiger partial charge in [-0.2, -0.15) is 13.2 Å². The molecule has 0 aliphatic carbocycles. The molecule has 3 rings (SSSR count). The lowest BCUT2D eigenvalue weighted by Gasteiger charge is -2.34. The summed E-state index contributed by atoms with van der Waals surface area (Å²) < 4.78 is 37.8. The van der Waals surface area contributed by atoms with Gasteiger partial charge < -0.3 is 10.2 Å². The number of nitrogens with zero attached hydrogens (tertiary/aromatic N) is 1. The fourth-order valence-electron chi connectivity index (χ4n) is 3.89.